The summed E-state index contributed by atoms with van der Waals surface area (Å²) in [5.41, 5.74) is 1.10. The van der Waals surface area contributed by atoms with Gasteiger partial charge in [-0.15, -0.1) is 0 Å². The van der Waals surface area contributed by atoms with Crippen LogP contribution in [0, 0.1) is 10.1 Å². The van der Waals surface area contributed by atoms with Crippen molar-refractivity contribution in [3.05, 3.63) is 94.2 Å². The smallest absolute Gasteiger partial charge is 0.433 e. The lowest BCUT2D eigenvalue weighted by molar-refractivity contribution is -0.402. The summed E-state index contributed by atoms with van der Waals surface area (Å²) >= 11 is 1.27. The fourth-order valence-electron chi connectivity index (χ4n) is 3.37. The van der Waals surface area contributed by atoms with Gasteiger partial charge in [-0.05, 0) is 47.2 Å². The van der Waals surface area contributed by atoms with Gasteiger partial charge in [-0.3, -0.25) is 14.9 Å². The first-order chi connectivity index (χ1) is 16.5. The summed E-state index contributed by atoms with van der Waals surface area (Å²) in [4.78, 5) is 28.4. The van der Waals surface area contributed by atoms with Crippen molar-refractivity contribution in [2.24, 2.45) is 5.10 Å². The lowest BCUT2D eigenvalue weighted by Gasteiger charge is -2.14. The second-order valence-corrected chi connectivity index (χ2v) is 8.20. The fourth-order valence-corrected chi connectivity index (χ4v) is 4.32. The molecule has 0 unspecified atom stereocenters. The van der Waals surface area contributed by atoms with Crippen LogP contribution in [0.3, 0.4) is 0 Å². The van der Waals surface area contributed by atoms with E-state index in [2.05, 4.69) is 10.1 Å². The Hall–Kier alpha value is -4.57. The number of nitro groups is 1. The van der Waals surface area contributed by atoms with Crippen molar-refractivity contribution in [2.75, 3.05) is 12.1 Å². The number of anilines is 1. The lowest BCUT2D eigenvalue weighted by Crippen LogP contribution is -2.25. The Bertz CT molecular complexity index is 1570. The number of carbonyl (C=O) groups is 1. The van der Waals surface area contributed by atoms with Crippen LogP contribution in [0.25, 0.3) is 21.0 Å². The second-order valence-electron chi connectivity index (χ2n) is 7.19. The maximum atomic E-state index is 13.5. The molecule has 0 radical (unpaired) electrons. The molecule has 5 rings (SSSR count). The molecule has 0 fully saturated rings. The first kappa shape index (κ1) is 21.3. The number of hydrazone groups is 1. The van der Waals surface area contributed by atoms with Crippen molar-refractivity contribution >= 4 is 55.5 Å². The van der Waals surface area contributed by atoms with Crippen LogP contribution in [0.2, 0.25) is 0 Å². The Morgan fingerprint density at radius 3 is 2.71 bits per heavy atom. The summed E-state index contributed by atoms with van der Waals surface area (Å²) < 4.78 is 11.2. The summed E-state index contributed by atoms with van der Waals surface area (Å²) in [7, 11) is 1.57. The third-order valence-corrected chi connectivity index (χ3v) is 6.04. The van der Waals surface area contributed by atoms with Gasteiger partial charge in [-0.1, -0.05) is 41.7 Å². The zero-order valence-corrected chi connectivity index (χ0v) is 18.6. The number of methoxy groups -OCH3 is 1. The fraction of sp³-hybridized carbons (Fsp3) is 0.0417. The predicted molar refractivity (Wildman–Crippen MR) is 130 cm³/mol. The van der Waals surface area contributed by atoms with Crippen molar-refractivity contribution in [3.8, 4) is 5.75 Å². The molecule has 34 heavy (non-hydrogen) atoms. The van der Waals surface area contributed by atoms with E-state index in [0.717, 1.165) is 20.5 Å². The van der Waals surface area contributed by atoms with Crippen LogP contribution in [-0.4, -0.2) is 29.1 Å². The highest BCUT2D eigenvalue weighted by Crippen LogP contribution is 2.32. The molecule has 0 N–H and O–H groups in total. The molecule has 5 aromatic rings. The summed E-state index contributed by atoms with van der Waals surface area (Å²) in [5, 5.41) is 18.6. The van der Waals surface area contributed by atoms with Gasteiger partial charge in [0.2, 0.25) is 5.13 Å². The zero-order valence-electron chi connectivity index (χ0n) is 17.7. The number of amides is 1. The van der Waals surface area contributed by atoms with Gasteiger partial charge < -0.3 is 9.15 Å². The van der Waals surface area contributed by atoms with Gasteiger partial charge in [-0.2, -0.15) is 10.1 Å². The Morgan fingerprint density at radius 2 is 1.94 bits per heavy atom. The van der Waals surface area contributed by atoms with E-state index in [0.29, 0.717) is 22.0 Å². The van der Waals surface area contributed by atoms with E-state index < -0.39 is 16.7 Å². The van der Waals surface area contributed by atoms with Crippen LogP contribution in [-0.2, 0) is 0 Å². The number of carbonyl (C=O) groups excluding carboxylic acids is 1. The third-order valence-electron chi connectivity index (χ3n) is 5.05. The Kier molecular flexibility index (Phi) is 5.48. The van der Waals surface area contributed by atoms with E-state index in [1.54, 1.807) is 31.4 Å². The maximum Gasteiger partial charge on any atom is 0.433 e. The molecular weight excluding hydrogens is 456 g/mol. The van der Waals surface area contributed by atoms with E-state index in [1.807, 2.05) is 36.4 Å². The molecule has 168 valence electrons. The van der Waals surface area contributed by atoms with Crippen molar-refractivity contribution in [2.45, 2.75) is 0 Å². The quantitative estimate of drug-likeness (QED) is 0.180. The molecule has 0 saturated heterocycles. The minimum atomic E-state index is -0.643. The Morgan fingerprint density at radius 1 is 1.12 bits per heavy atom. The van der Waals surface area contributed by atoms with Gasteiger partial charge in [0.1, 0.15) is 10.7 Å². The SMILES string of the molecule is COc1ccc2nc(N(/N=C/c3ccc([N+](=O)[O-])o3)C(=O)c3ccc4ccccc4c3)sc2c1. The molecular formula is C24H16N4O5S. The summed E-state index contributed by atoms with van der Waals surface area (Å²) in [6, 6.07) is 21.1. The lowest BCUT2D eigenvalue weighted by atomic mass is 10.1. The Balaban J connectivity index is 1.57. The number of ether oxygens (including phenoxy) is 1. The van der Waals surface area contributed by atoms with Gasteiger partial charge in [0, 0.05) is 5.56 Å². The molecule has 0 atom stereocenters. The molecule has 2 aromatic heterocycles. The molecule has 9 nitrogen and oxygen atoms in total. The van der Waals surface area contributed by atoms with Crippen LogP contribution in [0.4, 0.5) is 11.0 Å². The van der Waals surface area contributed by atoms with Crippen LogP contribution < -0.4 is 9.75 Å². The second kappa shape index (κ2) is 8.75. The molecule has 10 heteroatoms. The van der Waals surface area contributed by atoms with E-state index >= 15 is 0 Å². The van der Waals surface area contributed by atoms with Crippen LogP contribution in [0.15, 0.2) is 82.3 Å². The number of hydrogen-bond donors (Lipinski definition) is 0. The monoisotopic (exact) mass is 472 g/mol. The van der Waals surface area contributed by atoms with E-state index in [9.17, 15) is 14.9 Å². The Labute approximate surface area is 196 Å². The summed E-state index contributed by atoms with van der Waals surface area (Å²) in [6.45, 7) is 0. The van der Waals surface area contributed by atoms with Gasteiger partial charge in [-0.25, -0.2) is 4.98 Å². The average Bonchev–Trinajstić information content (AvgIpc) is 3.50. The highest BCUT2D eigenvalue weighted by Gasteiger charge is 2.22. The highest BCUT2D eigenvalue weighted by atomic mass is 32.1. The van der Waals surface area contributed by atoms with E-state index in [4.69, 9.17) is 9.15 Å². The average molecular weight is 472 g/mol. The van der Waals surface area contributed by atoms with Crippen molar-refractivity contribution in [1.82, 2.24) is 4.98 Å². The van der Waals surface area contributed by atoms with Crippen LogP contribution in [0.5, 0.6) is 5.75 Å². The number of nitrogens with zero attached hydrogens (tertiary/aromatic N) is 4. The topological polar surface area (TPSA) is 111 Å². The minimum Gasteiger partial charge on any atom is -0.497 e. The number of aromatic nitrogens is 1. The maximum absolute atomic E-state index is 13.5. The molecule has 0 bridgehead atoms. The normalized spacial score (nSPS) is 11.3. The van der Waals surface area contributed by atoms with E-state index in [-0.39, 0.29) is 5.76 Å². The number of benzene rings is 3. The molecule has 3 aromatic carbocycles. The zero-order chi connectivity index (χ0) is 23.7. The van der Waals surface area contributed by atoms with Gasteiger partial charge in [0.25, 0.3) is 5.91 Å². The third kappa shape index (κ3) is 4.09. The van der Waals surface area contributed by atoms with Gasteiger partial charge in [0.15, 0.2) is 5.76 Å². The van der Waals surface area contributed by atoms with Crippen molar-refractivity contribution in [1.29, 1.82) is 0 Å². The van der Waals surface area contributed by atoms with Crippen molar-refractivity contribution < 1.29 is 18.9 Å². The largest absolute Gasteiger partial charge is 0.497 e. The first-order valence-electron chi connectivity index (χ1n) is 10.1. The number of furan rings is 1. The molecule has 0 aliphatic carbocycles. The molecule has 0 spiro atoms. The number of rotatable bonds is 6. The minimum absolute atomic E-state index is 0.130. The highest BCUT2D eigenvalue weighted by molar-refractivity contribution is 7.22. The number of fused-ring (bicyclic) bond motifs is 2. The molecule has 0 aliphatic heterocycles. The predicted octanol–water partition coefficient (Wildman–Crippen LogP) is 5.64. The van der Waals surface area contributed by atoms with Crippen LogP contribution >= 0.6 is 11.3 Å². The standard InChI is InChI=1S/C24H16N4O5S/c1-32-18-8-10-20-21(13-18)34-24(26-20)27(25-14-19-9-11-22(33-19)28(30)31)23(29)17-7-6-15-4-2-3-5-16(15)12-17/h2-14H,1H3/b25-14+. The summed E-state index contributed by atoms with van der Waals surface area (Å²) in [5.74, 6) is -0.0256. The molecule has 1 amide bonds. The van der Waals surface area contributed by atoms with Crippen molar-refractivity contribution in [3.63, 3.8) is 0 Å². The summed E-state index contributed by atoms with van der Waals surface area (Å²) in [6.07, 6.45) is 1.25. The number of hydrogen-bond acceptors (Lipinski definition) is 8. The molecule has 0 saturated carbocycles. The van der Waals surface area contributed by atoms with E-state index in [1.165, 1.54) is 29.7 Å². The van der Waals surface area contributed by atoms with Crippen LogP contribution in [0.1, 0.15) is 16.1 Å². The molecule has 0 aliphatic rings. The first-order valence-corrected chi connectivity index (χ1v) is 10.9. The number of thiazole rings is 1. The van der Waals surface area contributed by atoms with Gasteiger partial charge >= 0.3 is 5.88 Å². The van der Waals surface area contributed by atoms with Gasteiger partial charge in [0.05, 0.1) is 29.6 Å². The molecule has 2 heterocycles.